The van der Waals surface area contributed by atoms with E-state index in [-0.39, 0.29) is 17.0 Å². The van der Waals surface area contributed by atoms with Crippen molar-refractivity contribution < 1.29 is 22.4 Å². The molecule has 33 heavy (non-hydrogen) atoms. The van der Waals surface area contributed by atoms with Gasteiger partial charge in [-0.2, -0.15) is 23.3 Å². The van der Waals surface area contributed by atoms with Gasteiger partial charge in [-0.05, 0) is 43.4 Å². The maximum atomic E-state index is 13.6. The van der Waals surface area contributed by atoms with Crippen molar-refractivity contribution in [3.05, 3.63) is 64.9 Å². The van der Waals surface area contributed by atoms with Crippen LogP contribution in [-0.2, 0) is 12.6 Å². The lowest BCUT2D eigenvalue weighted by atomic mass is 9.87. The highest BCUT2D eigenvalue weighted by molar-refractivity contribution is 6.05. The van der Waals surface area contributed by atoms with Gasteiger partial charge < -0.3 is 9.73 Å². The molecule has 1 N–H and O–H groups in total. The number of oxazole rings is 1. The summed E-state index contributed by atoms with van der Waals surface area (Å²) in [5.74, 6) is -0.0407. The van der Waals surface area contributed by atoms with E-state index in [2.05, 4.69) is 20.4 Å². The first kappa shape index (κ1) is 21.2. The molecule has 3 aromatic heterocycles. The van der Waals surface area contributed by atoms with Crippen LogP contribution in [0.2, 0.25) is 0 Å². The number of benzene rings is 1. The van der Waals surface area contributed by atoms with Crippen LogP contribution < -0.4 is 5.32 Å². The molecule has 0 bridgehead atoms. The highest BCUT2D eigenvalue weighted by atomic mass is 19.4. The number of halogens is 3. The van der Waals surface area contributed by atoms with Gasteiger partial charge in [-0.1, -0.05) is 13.0 Å². The molecular weight excluding hydrogens is 435 g/mol. The number of anilines is 1. The molecule has 0 radical (unpaired) electrons. The smallest absolute Gasteiger partial charge is 0.435 e. The minimum Gasteiger partial charge on any atom is -0.439 e. The van der Waals surface area contributed by atoms with E-state index in [0.717, 1.165) is 6.42 Å². The molecule has 1 amide bonds. The van der Waals surface area contributed by atoms with Crippen LogP contribution in [0.1, 0.15) is 58.9 Å². The topological polar surface area (TPSA) is 85.8 Å². The second kappa shape index (κ2) is 7.72. The lowest BCUT2D eigenvalue weighted by molar-refractivity contribution is -0.142. The Morgan fingerprint density at radius 2 is 2.09 bits per heavy atom. The molecule has 170 valence electrons. The third kappa shape index (κ3) is 3.85. The van der Waals surface area contributed by atoms with Gasteiger partial charge >= 0.3 is 6.18 Å². The minimum absolute atomic E-state index is 0.0713. The van der Waals surface area contributed by atoms with Gasteiger partial charge in [-0.15, -0.1) is 0 Å². The van der Waals surface area contributed by atoms with Crippen LogP contribution in [-0.4, -0.2) is 25.7 Å². The van der Waals surface area contributed by atoms with Gasteiger partial charge in [0, 0.05) is 24.1 Å². The first-order valence-corrected chi connectivity index (χ1v) is 10.5. The molecule has 7 nitrogen and oxygen atoms in total. The maximum absolute atomic E-state index is 13.6. The number of alkyl halides is 3. The summed E-state index contributed by atoms with van der Waals surface area (Å²) in [7, 11) is 0. The molecule has 1 atom stereocenters. The standard InChI is InChI=1S/C23H20F3N5O2/c1-12-5-3-8-17-19(12)31(30-20(17)23(24,25)26)16-7-4-6-14(9-16)22(32)29-15-10-18-21(27-11-15)28-13(2)33-18/h4,6-7,9-12H,3,5,8H2,1-2H3,(H,29,32). The number of carbonyl (C=O) groups is 1. The highest BCUT2D eigenvalue weighted by Gasteiger charge is 2.41. The largest absolute Gasteiger partial charge is 0.439 e. The summed E-state index contributed by atoms with van der Waals surface area (Å²) in [5.41, 5.74) is 1.94. The average molecular weight is 455 g/mol. The van der Waals surface area contributed by atoms with E-state index in [1.165, 1.54) is 16.9 Å². The van der Waals surface area contributed by atoms with E-state index in [9.17, 15) is 18.0 Å². The molecule has 1 aliphatic rings. The molecule has 10 heteroatoms. The van der Waals surface area contributed by atoms with Crippen molar-refractivity contribution in [1.82, 2.24) is 19.7 Å². The molecule has 5 rings (SSSR count). The molecule has 0 aliphatic heterocycles. The summed E-state index contributed by atoms with van der Waals surface area (Å²) in [4.78, 5) is 21.1. The number of rotatable bonds is 3. The lowest BCUT2D eigenvalue weighted by Crippen LogP contribution is -2.14. The quantitative estimate of drug-likeness (QED) is 0.445. The molecule has 0 spiro atoms. The predicted octanol–water partition coefficient (Wildman–Crippen LogP) is 5.43. The summed E-state index contributed by atoms with van der Waals surface area (Å²) in [6.45, 7) is 3.60. The second-order valence-corrected chi connectivity index (χ2v) is 8.20. The number of nitrogens with one attached hydrogen (secondary N) is 1. The summed E-state index contributed by atoms with van der Waals surface area (Å²) in [6.07, 6.45) is -1.26. The SMILES string of the molecule is Cc1nc2ncc(NC(=O)c3cccc(-n4nc(C(F)(F)F)c5c4C(C)CCC5)c3)cc2o1. The number of aryl methyl sites for hydroxylation is 1. The molecule has 0 fully saturated rings. The van der Waals surface area contributed by atoms with Crippen LogP contribution in [0.5, 0.6) is 0 Å². The Morgan fingerprint density at radius 3 is 2.88 bits per heavy atom. The van der Waals surface area contributed by atoms with E-state index in [1.54, 1.807) is 31.2 Å². The molecule has 1 unspecified atom stereocenters. The van der Waals surface area contributed by atoms with Crippen LogP contribution in [0.3, 0.4) is 0 Å². The first-order valence-electron chi connectivity index (χ1n) is 10.5. The fourth-order valence-corrected chi connectivity index (χ4v) is 4.34. The van der Waals surface area contributed by atoms with Crippen molar-refractivity contribution in [2.45, 2.75) is 45.2 Å². The number of fused-ring (bicyclic) bond motifs is 2. The molecule has 3 heterocycles. The van der Waals surface area contributed by atoms with Crippen LogP contribution in [0.25, 0.3) is 16.9 Å². The fraction of sp³-hybridized carbons (Fsp3) is 0.304. The third-order valence-corrected chi connectivity index (χ3v) is 5.79. The van der Waals surface area contributed by atoms with Gasteiger partial charge in [0.25, 0.3) is 5.91 Å². The van der Waals surface area contributed by atoms with Crippen molar-refractivity contribution in [2.24, 2.45) is 0 Å². The molecule has 1 aliphatic carbocycles. The number of hydrogen-bond acceptors (Lipinski definition) is 5. The van der Waals surface area contributed by atoms with Crippen molar-refractivity contribution in [3.63, 3.8) is 0 Å². The zero-order valence-corrected chi connectivity index (χ0v) is 17.9. The first-order chi connectivity index (χ1) is 15.7. The monoisotopic (exact) mass is 455 g/mol. The summed E-state index contributed by atoms with van der Waals surface area (Å²) < 4.78 is 47.7. The Bertz CT molecular complexity index is 1370. The number of pyridine rings is 1. The third-order valence-electron chi connectivity index (χ3n) is 5.79. The van der Waals surface area contributed by atoms with Crippen LogP contribution in [0.4, 0.5) is 18.9 Å². The maximum Gasteiger partial charge on any atom is 0.435 e. The summed E-state index contributed by atoms with van der Waals surface area (Å²) in [6, 6.07) is 8.02. The number of nitrogens with zero attached hydrogens (tertiary/aromatic N) is 4. The van der Waals surface area contributed by atoms with E-state index < -0.39 is 17.8 Å². The van der Waals surface area contributed by atoms with Crippen LogP contribution in [0, 0.1) is 6.92 Å². The van der Waals surface area contributed by atoms with E-state index in [0.29, 0.717) is 47.0 Å². The number of hydrogen-bond donors (Lipinski definition) is 1. The van der Waals surface area contributed by atoms with Crippen LogP contribution >= 0.6 is 0 Å². The van der Waals surface area contributed by atoms with Gasteiger partial charge in [0.2, 0.25) is 0 Å². The number of amides is 1. The van der Waals surface area contributed by atoms with Crippen molar-refractivity contribution in [3.8, 4) is 5.69 Å². The molecular formula is C23H20F3N5O2. The molecule has 1 aromatic carbocycles. The van der Waals surface area contributed by atoms with Crippen molar-refractivity contribution in [1.29, 1.82) is 0 Å². The van der Waals surface area contributed by atoms with Gasteiger partial charge in [0.05, 0.1) is 23.3 Å². The predicted molar refractivity (Wildman–Crippen MR) is 114 cm³/mol. The van der Waals surface area contributed by atoms with E-state index >= 15 is 0 Å². The summed E-state index contributed by atoms with van der Waals surface area (Å²) in [5, 5.41) is 6.68. The molecule has 0 saturated carbocycles. The van der Waals surface area contributed by atoms with Gasteiger partial charge in [-0.25, -0.2) is 9.67 Å². The average Bonchev–Trinajstić information content (AvgIpc) is 3.34. The van der Waals surface area contributed by atoms with Crippen LogP contribution in [0.15, 0.2) is 40.9 Å². The molecule has 4 aromatic rings. The van der Waals surface area contributed by atoms with Gasteiger partial charge in [-0.3, -0.25) is 4.79 Å². The normalized spacial score (nSPS) is 16.1. The number of aromatic nitrogens is 4. The van der Waals surface area contributed by atoms with E-state index in [4.69, 9.17) is 4.42 Å². The van der Waals surface area contributed by atoms with Crippen molar-refractivity contribution in [2.75, 3.05) is 5.32 Å². The lowest BCUT2D eigenvalue weighted by Gasteiger charge is -2.21. The number of carbonyl (C=O) groups excluding carboxylic acids is 1. The Morgan fingerprint density at radius 1 is 1.27 bits per heavy atom. The van der Waals surface area contributed by atoms with Crippen molar-refractivity contribution >= 4 is 22.8 Å². The Hall–Kier alpha value is -3.69. The minimum atomic E-state index is -4.54. The Balaban J connectivity index is 1.49. The molecule has 0 saturated heterocycles. The zero-order valence-electron chi connectivity index (χ0n) is 17.9. The Labute approximate surface area is 186 Å². The fourth-order valence-electron chi connectivity index (χ4n) is 4.34. The van der Waals surface area contributed by atoms with Gasteiger partial charge in [0.1, 0.15) is 0 Å². The summed E-state index contributed by atoms with van der Waals surface area (Å²) >= 11 is 0. The Kier molecular flexibility index (Phi) is 4.95. The van der Waals surface area contributed by atoms with E-state index in [1.807, 2.05) is 6.92 Å². The zero-order chi connectivity index (χ0) is 23.3. The second-order valence-electron chi connectivity index (χ2n) is 8.20. The van der Waals surface area contributed by atoms with Gasteiger partial charge in [0.15, 0.2) is 22.8 Å². The highest BCUT2D eigenvalue weighted by Crippen LogP contribution is 2.40.